The van der Waals surface area contributed by atoms with Gasteiger partial charge in [0.05, 0.1) is 18.5 Å². The summed E-state index contributed by atoms with van der Waals surface area (Å²) in [6.07, 6.45) is -0.532. The summed E-state index contributed by atoms with van der Waals surface area (Å²) in [6.45, 7) is 10.3. The molecule has 0 bridgehead atoms. The van der Waals surface area contributed by atoms with Gasteiger partial charge in [0, 0.05) is 9.49 Å². The van der Waals surface area contributed by atoms with Crippen LogP contribution in [-0.4, -0.2) is 55.7 Å². The molecule has 1 saturated heterocycles. The van der Waals surface area contributed by atoms with Crippen molar-refractivity contribution in [1.29, 1.82) is 0 Å². The van der Waals surface area contributed by atoms with Gasteiger partial charge >= 0.3 is 11.9 Å². The molecule has 1 heterocycles. The standard InChI is InChI=1S/C10H20N2OS.C4H7NO4/c1-6(11)7(13)12-8-9(2,3)14-10(8,4)5;5-2(4(8)9)1-3(6)7/h6,8H,11H2,1-5H3,(H,12,13);2H,1,5H2,(H,6,7)(H,8,9)/t6-;2-/m10/s1. The maximum atomic E-state index is 11.5. The fraction of sp³-hybridized carbons (Fsp3) is 0.786. The molecule has 0 aliphatic carbocycles. The summed E-state index contributed by atoms with van der Waals surface area (Å²) in [6, 6.07) is -1.51. The van der Waals surface area contributed by atoms with Crippen molar-refractivity contribution in [3.8, 4) is 0 Å². The first kappa shape index (κ1) is 21.7. The highest BCUT2D eigenvalue weighted by molar-refractivity contribution is 8.03. The van der Waals surface area contributed by atoms with Crippen LogP contribution in [0.4, 0.5) is 0 Å². The molecule has 1 fully saturated rings. The molecule has 0 spiro atoms. The Morgan fingerprint density at radius 1 is 1.13 bits per heavy atom. The quantitative estimate of drug-likeness (QED) is 0.464. The predicted molar refractivity (Wildman–Crippen MR) is 89.2 cm³/mol. The second-order valence-corrected chi connectivity index (χ2v) is 8.89. The zero-order chi connectivity index (χ0) is 18.6. The van der Waals surface area contributed by atoms with Gasteiger partial charge in [-0.05, 0) is 34.6 Å². The summed E-state index contributed by atoms with van der Waals surface area (Å²) in [5.41, 5.74) is 10.4. The predicted octanol–water partition coefficient (Wildman–Crippen LogP) is -0.00460. The lowest BCUT2D eigenvalue weighted by Gasteiger charge is -2.56. The van der Waals surface area contributed by atoms with E-state index < -0.39 is 30.4 Å². The molecule has 0 aromatic heterocycles. The lowest BCUT2D eigenvalue weighted by molar-refractivity contribution is -0.144. The number of aliphatic carboxylic acids is 2. The molecule has 1 amide bonds. The van der Waals surface area contributed by atoms with E-state index in [1.54, 1.807) is 6.92 Å². The Hall–Kier alpha value is -1.32. The van der Waals surface area contributed by atoms with Gasteiger partial charge in [0.15, 0.2) is 0 Å². The van der Waals surface area contributed by atoms with E-state index in [1.807, 2.05) is 11.8 Å². The van der Waals surface area contributed by atoms with Gasteiger partial charge in [0.25, 0.3) is 0 Å². The molecular weight excluding hydrogens is 322 g/mol. The van der Waals surface area contributed by atoms with Gasteiger partial charge in [-0.15, -0.1) is 11.8 Å². The van der Waals surface area contributed by atoms with Crippen LogP contribution in [0.1, 0.15) is 41.0 Å². The molecule has 7 N–H and O–H groups in total. The molecule has 0 unspecified atom stereocenters. The molecule has 2 atom stereocenters. The van der Waals surface area contributed by atoms with E-state index in [9.17, 15) is 14.4 Å². The summed E-state index contributed by atoms with van der Waals surface area (Å²) < 4.78 is 0.238. The molecule has 134 valence electrons. The largest absolute Gasteiger partial charge is 0.481 e. The van der Waals surface area contributed by atoms with Crippen LogP contribution in [0.15, 0.2) is 0 Å². The summed E-state index contributed by atoms with van der Waals surface area (Å²) in [5.74, 6) is -2.56. The number of nitrogens with one attached hydrogen (secondary N) is 1. The molecule has 0 aromatic rings. The first-order valence-corrected chi connectivity index (χ1v) is 7.98. The molecule has 1 aliphatic rings. The van der Waals surface area contributed by atoms with Crippen LogP contribution >= 0.6 is 11.8 Å². The molecule has 8 nitrogen and oxygen atoms in total. The third-order valence-corrected chi connectivity index (χ3v) is 4.85. The minimum atomic E-state index is -1.29. The Kier molecular flexibility index (Phi) is 7.52. The second kappa shape index (κ2) is 7.98. The van der Waals surface area contributed by atoms with E-state index in [1.165, 1.54) is 0 Å². The lowest BCUT2D eigenvalue weighted by Crippen LogP contribution is -2.68. The van der Waals surface area contributed by atoms with Crippen LogP contribution in [0, 0.1) is 0 Å². The number of carbonyl (C=O) groups excluding carboxylic acids is 1. The van der Waals surface area contributed by atoms with E-state index in [4.69, 9.17) is 21.7 Å². The van der Waals surface area contributed by atoms with E-state index in [-0.39, 0.29) is 21.4 Å². The van der Waals surface area contributed by atoms with E-state index in [0.29, 0.717) is 0 Å². The molecule has 0 radical (unpaired) electrons. The maximum Gasteiger partial charge on any atom is 0.321 e. The van der Waals surface area contributed by atoms with Crippen LogP contribution in [0.2, 0.25) is 0 Å². The van der Waals surface area contributed by atoms with Crippen LogP contribution in [-0.2, 0) is 14.4 Å². The van der Waals surface area contributed by atoms with Crippen LogP contribution in [0.3, 0.4) is 0 Å². The van der Waals surface area contributed by atoms with Crippen LogP contribution < -0.4 is 16.8 Å². The third kappa shape index (κ3) is 6.76. The van der Waals surface area contributed by atoms with Gasteiger partial charge in [0.1, 0.15) is 6.04 Å². The summed E-state index contributed by atoms with van der Waals surface area (Å²) in [5, 5.41) is 19.0. The van der Waals surface area contributed by atoms with Crippen molar-refractivity contribution in [2.24, 2.45) is 11.5 Å². The van der Waals surface area contributed by atoms with Crippen molar-refractivity contribution < 1.29 is 24.6 Å². The highest BCUT2D eigenvalue weighted by Gasteiger charge is 2.54. The molecule has 0 saturated carbocycles. The number of amides is 1. The number of carbonyl (C=O) groups is 3. The SMILES string of the molecule is C[C@@H](N)C(=O)NC1C(C)(C)SC1(C)C.N[C@@H](CC(=O)O)C(=O)O. The summed E-state index contributed by atoms with van der Waals surface area (Å²) in [4.78, 5) is 31.1. The summed E-state index contributed by atoms with van der Waals surface area (Å²) >= 11 is 1.89. The van der Waals surface area contributed by atoms with Gasteiger partial charge in [-0.2, -0.15) is 0 Å². The molecule has 1 aliphatic heterocycles. The maximum absolute atomic E-state index is 11.5. The van der Waals surface area contributed by atoms with Gasteiger partial charge in [-0.3, -0.25) is 14.4 Å². The lowest BCUT2D eigenvalue weighted by atomic mass is 9.89. The first-order valence-electron chi connectivity index (χ1n) is 7.17. The Bertz CT molecular complexity index is 451. The number of carboxylic acids is 2. The number of thioether (sulfide) groups is 1. The zero-order valence-electron chi connectivity index (χ0n) is 14.1. The van der Waals surface area contributed by atoms with Gasteiger partial charge in [0.2, 0.25) is 5.91 Å². The van der Waals surface area contributed by atoms with Gasteiger partial charge < -0.3 is 27.0 Å². The Labute approximate surface area is 140 Å². The minimum absolute atomic E-state index is 0.0588. The van der Waals surface area contributed by atoms with Crippen molar-refractivity contribution >= 4 is 29.6 Å². The van der Waals surface area contributed by atoms with Gasteiger partial charge in [-0.25, -0.2) is 0 Å². The number of hydrogen-bond acceptors (Lipinski definition) is 6. The Morgan fingerprint density at radius 3 is 1.78 bits per heavy atom. The van der Waals surface area contributed by atoms with E-state index in [0.717, 1.165) is 0 Å². The molecule has 9 heteroatoms. The van der Waals surface area contributed by atoms with Crippen LogP contribution in [0.5, 0.6) is 0 Å². The Morgan fingerprint density at radius 2 is 1.57 bits per heavy atom. The number of carboxylic acid groups (broad SMARTS) is 2. The zero-order valence-corrected chi connectivity index (χ0v) is 14.9. The molecule has 23 heavy (non-hydrogen) atoms. The van der Waals surface area contributed by atoms with Gasteiger partial charge in [-0.1, -0.05) is 0 Å². The van der Waals surface area contributed by atoms with E-state index in [2.05, 4.69) is 33.0 Å². The highest BCUT2D eigenvalue weighted by atomic mass is 32.2. The van der Waals surface area contributed by atoms with Crippen molar-refractivity contribution in [3.63, 3.8) is 0 Å². The average molecular weight is 349 g/mol. The van der Waals surface area contributed by atoms with Crippen molar-refractivity contribution in [3.05, 3.63) is 0 Å². The molecule has 0 aromatic carbocycles. The Balaban J connectivity index is 0.000000468. The number of hydrogen-bond donors (Lipinski definition) is 5. The first-order chi connectivity index (χ1) is 10.2. The fourth-order valence-electron chi connectivity index (χ4n) is 2.47. The molecule has 1 rings (SSSR count). The number of nitrogens with two attached hydrogens (primary N) is 2. The van der Waals surface area contributed by atoms with E-state index >= 15 is 0 Å². The van der Waals surface area contributed by atoms with Crippen molar-refractivity contribution in [2.45, 2.75) is 68.7 Å². The third-order valence-electron chi connectivity index (χ3n) is 3.33. The van der Waals surface area contributed by atoms with Crippen molar-refractivity contribution in [2.75, 3.05) is 0 Å². The average Bonchev–Trinajstić information content (AvgIpc) is 2.33. The topological polar surface area (TPSA) is 156 Å². The second-order valence-electron chi connectivity index (χ2n) is 6.58. The highest BCUT2D eigenvalue weighted by Crippen LogP contribution is 2.54. The summed E-state index contributed by atoms with van der Waals surface area (Å²) in [7, 11) is 0. The normalized spacial score (nSPS) is 21.0. The molecular formula is C14H27N3O5S. The van der Waals surface area contributed by atoms with Crippen molar-refractivity contribution in [1.82, 2.24) is 5.32 Å². The van der Waals surface area contributed by atoms with Crippen LogP contribution in [0.25, 0.3) is 0 Å². The minimum Gasteiger partial charge on any atom is -0.481 e. The monoisotopic (exact) mass is 349 g/mol. The fourth-order valence-corrected chi connectivity index (χ4v) is 4.58. The number of rotatable bonds is 5. The smallest absolute Gasteiger partial charge is 0.321 e.